The van der Waals surface area contributed by atoms with Crippen LogP contribution in [0.1, 0.15) is 34.5 Å². The molecule has 1 aliphatic rings. The molecule has 0 aliphatic heterocycles. The minimum absolute atomic E-state index is 0. The maximum absolute atomic E-state index is 12.1. The number of hydrogen-bond acceptors (Lipinski definition) is 4. The van der Waals surface area contributed by atoms with Crippen LogP contribution in [0.2, 0.25) is 0 Å². The van der Waals surface area contributed by atoms with Crippen LogP contribution in [0, 0.1) is 5.92 Å². The van der Waals surface area contributed by atoms with Gasteiger partial charge in [-0.2, -0.15) is 0 Å². The number of ether oxygens (including phenoxy) is 1. The second kappa shape index (κ2) is 8.04. The molecule has 0 saturated heterocycles. The van der Waals surface area contributed by atoms with Crippen LogP contribution in [-0.4, -0.2) is 12.5 Å². The molecule has 124 valence electrons. The van der Waals surface area contributed by atoms with Crippen LogP contribution in [-0.2, 0) is 13.1 Å². The fraction of sp³-hybridized carbons (Fsp3) is 0.353. The van der Waals surface area contributed by atoms with Gasteiger partial charge >= 0.3 is 0 Å². The van der Waals surface area contributed by atoms with Gasteiger partial charge in [0.2, 0.25) is 0 Å². The molecule has 1 heterocycles. The Morgan fingerprint density at radius 2 is 2.13 bits per heavy atom. The lowest BCUT2D eigenvalue weighted by Crippen LogP contribution is -2.22. The van der Waals surface area contributed by atoms with E-state index in [9.17, 15) is 4.79 Å². The minimum atomic E-state index is -0.180. The van der Waals surface area contributed by atoms with Gasteiger partial charge in [-0.3, -0.25) is 4.79 Å². The molecule has 1 fully saturated rings. The second-order valence-electron chi connectivity index (χ2n) is 5.55. The number of furan rings is 1. The third-order valence-corrected chi connectivity index (χ3v) is 3.70. The molecule has 2 aromatic rings. The molecule has 3 N–H and O–H groups in total. The molecule has 1 aromatic carbocycles. The molecular weight excluding hydrogens is 316 g/mol. The molecule has 6 heteroatoms. The van der Waals surface area contributed by atoms with Gasteiger partial charge in [0, 0.05) is 12.1 Å². The number of nitrogens with two attached hydrogens (primary N) is 1. The third kappa shape index (κ3) is 4.74. The van der Waals surface area contributed by atoms with Gasteiger partial charge in [-0.05, 0) is 30.9 Å². The van der Waals surface area contributed by atoms with Gasteiger partial charge in [0.05, 0.1) is 18.7 Å². The lowest BCUT2D eigenvalue weighted by atomic mass is 10.2. The fourth-order valence-corrected chi connectivity index (χ4v) is 2.17. The van der Waals surface area contributed by atoms with Crippen LogP contribution in [0.25, 0.3) is 0 Å². The first-order chi connectivity index (χ1) is 10.8. The predicted octanol–water partition coefficient (Wildman–Crippen LogP) is 2.88. The summed E-state index contributed by atoms with van der Waals surface area (Å²) in [7, 11) is 0. The smallest absolute Gasteiger partial charge is 0.254 e. The van der Waals surface area contributed by atoms with Gasteiger partial charge in [-0.25, -0.2) is 0 Å². The van der Waals surface area contributed by atoms with Crippen LogP contribution in [0.15, 0.2) is 41.0 Å². The Morgan fingerprint density at radius 3 is 2.83 bits per heavy atom. The first-order valence-electron chi connectivity index (χ1n) is 7.52. The standard InChI is InChI=1S/C17H20N2O3.ClH/c18-8-15-7-14(11-21-15)17(20)19-9-13-3-1-2-4-16(13)22-10-12-5-6-12;/h1-4,7,11-12H,5-6,8-10,18H2,(H,19,20);1H. The Balaban J connectivity index is 0.00000192. The Hall–Kier alpha value is -1.98. The van der Waals surface area contributed by atoms with Gasteiger partial charge in [0.1, 0.15) is 17.8 Å². The van der Waals surface area contributed by atoms with Crippen LogP contribution in [0.4, 0.5) is 0 Å². The molecule has 0 atom stereocenters. The van der Waals surface area contributed by atoms with Crippen molar-refractivity contribution in [1.82, 2.24) is 5.32 Å². The van der Waals surface area contributed by atoms with E-state index in [1.807, 2.05) is 24.3 Å². The first kappa shape index (κ1) is 17.4. The van der Waals surface area contributed by atoms with E-state index in [0.717, 1.165) is 17.9 Å². The molecule has 0 bridgehead atoms. The van der Waals surface area contributed by atoms with Crippen molar-refractivity contribution in [2.75, 3.05) is 6.61 Å². The zero-order chi connectivity index (χ0) is 15.4. The van der Waals surface area contributed by atoms with Crippen molar-refractivity contribution in [3.63, 3.8) is 0 Å². The highest BCUT2D eigenvalue weighted by atomic mass is 35.5. The normalized spacial score (nSPS) is 13.3. The Labute approximate surface area is 141 Å². The number of para-hydroxylation sites is 1. The van der Waals surface area contributed by atoms with E-state index in [2.05, 4.69) is 5.32 Å². The summed E-state index contributed by atoms with van der Waals surface area (Å²) >= 11 is 0. The molecule has 0 radical (unpaired) electrons. The summed E-state index contributed by atoms with van der Waals surface area (Å²) in [5.41, 5.74) is 6.92. The molecular formula is C17H21ClN2O3. The van der Waals surface area contributed by atoms with Gasteiger partial charge in [0.15, 0.2) is 0 Å². The summed E-state index contributed by atoms with van der Waals surface area (Å²) in [4.78, 5) is 12.1. The Kier molecular flexibility index (Phi) is 6.07. The SMILES string of the molecule is Cl.NCc1cc(C(=O)NCc2ccccc2OCC2CC2)co1. The van der Waals surface area contributed by atoms with Crippen molar-refractivity contribution in [3.8, 4) is 5.75 Å². The first-order valence-corrected chi connectivity index (χ1v) is 7.52. The highest BCUT2D eigenvalue weighted by molar-refractivity contribution is 5.93. The fourth-order valence-electron chi connectivity index (χ4n) is 2.17. The molecule has 1 aromatic heterocycles. The molecule has 0 spiro atoms. The highest BCUT2D eigenvalue weighted by Crippen LogP contribution is 2.30. The van der Waals surface area contributed by atoms with Gasteiger partial charge in [-0.15, -0.1) is 12.4 Å². The molecule has 5 nitrogen and oxygen atoms in total. The third-order valence-electron chi connectivity index (χ3n) is 3.70. The maximum Gasteiger partial charge on any atom is 0.254 e. The van der Waals surface area contributed by atoms with Crippen LogP contribution in [0.3, 0.4) is 0 Å². The van der Waals surface area contributed by atoms with E-state index >= 15 is 0 Å². The number of amides is 1. The lowest BCUT2D eigenvalue weighted by molar-refractivity contribution is 0.0950. The van der Waals surface area contributed by atoms with Gasteiger partial charge < -0.3 is 20.2 Å². The van der Waals surface area contributed by atoms with Crippen molar-refractivity contribution >= 4 is 18.3 Å². The summed E-state index contributed by atoms with van der Waals surface area (Å²) < 4.78 is 11.0. The molecule has 23 heavy (non-hydrogen) atoms. The van der Waals surface area contributed by atoms with Crippen LogP contribution >= 0.6 is 12.4 Å². The van der Waals surface area contributed by atoms with Crippen molar-refractivity contribution in [2.45, 2.75) is 25.9 Å². The topological polar surface area (TPSA) is 77.5 Å². The van der Waals surface area contributed by atoms with E-state index in [1.54, 1.807) is 6.07 Å². The van der Waals surface area contributed by atoms with Crippen molar-refractivity contribution in [2.24, 2.45) is 11.7 Å². The van der Waals surface area contributed by atoms with E-state index < -0.39 is 0 Å². The lowest BCUT2D eigenvalue weighted by Gasteiger charge is -2.11. The van der Waals surface area contributed by atoms with Crippen LogP contribution < -0.4 is 15.8 Å². The number of benzene rings is 1. The zero-order valence-corrected chi connectivity index (χ0v) is 13.6. The number of carbonyl (C=O) groups is 1. The van der Waals surface area contributed by atoms with E-state index in [0.29, 0.717) is 23.8 Å². The highest BCUT2D eigenvalue weighted by Gasteiger charge is 2.22. The number of carbonyl (C=O) groups excluding carboxylic acids is 1. The van der Waals surface area contributed by atoms with Crippen molar-refractivity contribution < 1.29 is 13.9 Å². The number of halogens is 1. The van der Waals surface area contributed by atoms with E-state index in [1.165, 1.54) is 19.1 Å². The summed E-state index contributed by atoms with van der Waals surface area (Å²) in [5, 5.41) is 2.88. The molecule has 0 unspecified atom stereocenters. The number of nitrogens with one attached hydrogen (secondary N) is 1. The van der Waals surface area contributed by atoms with E-state index in [4.69, 9.17) is 14.9 Å². The number of rotatable bonds is 7. The predicted molar refractivity (Wildman–Crippen MR) is 89.7 cm³/mol. The summed E-state index contributed by atoms with van der Waals surface area (Å²) in [6.45, 7) is 1.46. The van der Waals surface area contributed by atoms with Crippen molar-refractivity contribution in [3.05, 3.63) is 53.5 Å². The zero-order valence-electron chi connectivity index (χ0n) is 12.8. The number of hydrogen-bond donors (Lipinski definition) is 2. The largest absolute Gasteiger partial charge is 0.493 e. The average molecular weight is 337 g/mol. The van der Waals surface area contributed by atoms with Crippen LogP contribution in [0.5, 0.6) is 5.75 Å². The molecule has 3 rings (SSSR count). The van der Waals surface area contributed by atoms with Gasteiger partial charge in [-0.1, -0.05) is 18.2 Å². The van der Waals surface area contributed by atoms with E-state index in [-0.39, 0.29) is 24.9 Å². The summed E-state index contributed by atoms with van der Waals surface area (Å²) in [6.07, 6.45) is 3.93. The summed E-state index contributed by atoms with van der Waals surface area (Å²) in [5.74, 6) is 1.95. The Bertz CT molecular complexity index is 653. The summed E-state index contributed by atoms with van der Waals surface area (Å²) in [6, 6.07) is 9.44. The van der Waals surface area contributed by atoms with Crippen molar-refractivity contribution in [1.29, 1.82) is 0 Å². The molecule has 1 amide bonds. The second-order valence-corrected chi connectivity index (χ2v) is 5.55. The molecule has 1 aliphatic carbocycles. The Morgan fingerprint density at radius 1 is 1.35 bits per heavy atom. The maximum atomic E-state index is 12.1. The van der Waals surface area contributed by atoms with Gasteiger partial charge in [0.25, 0.3) is 5.91 Å². The monoisotopic (exact) mass is 336 g/mol. The quantitative estimate of drug-likeness (QED) is 0.815. The molecule has 1 saturated carbocycles. The minimum Gasteiger partial charge on any atom is -0.493 e. The average Bonchev–Trinajstić information content (AvgIpc) is 3.25.